The summed E-state index contributed by atoms with van der Waals surface area (Å²) in [5, 5.41) is 11.9. The minimum absolute atomic E-state index is 0.298. The Kier molecular flexibility index (Phi) is 3.25. The number of carboxylic acids is 1. The molecule has 2 aromatic rings. The molecule has 0 unspecified atom stereocenters. The Hall–Kier alpha value is -1.81. The van der Waals surface area contributed by atoms with Crippen molar-refractivity contribution in [3.63, 3.8) is 0 Å². The number of carboxylic acid groups (broad SMARTS) is 1. The quantitative estimate of drug-likeness (QED) is 0.817. The molecule has 1 saturated heterocycles. The summed E-state index contributed by atoms with van der Waals surface area (Å²) in [7, 11) is 0. The van der Waals surface area contributed by atoms with Crippen LogP contribution < -0.4 is 10.0 Å². The molecule has 100 valence electrons. The zero-order valence-electron chi connectivity index (χ0n) is 10.9. The third-order valence-corrected chi connectivity index (χ3v) is 4.03. The maximum absolute atomic E-state index is 11.2. The van der Waals surface area contributed by atoms with Crippen molar-refractivity contribution in [2.45, 2.75) is 19.4 Å². The fourth-order valence-electron chi connectivity index (χ4n) is 3.00. The third-order valence-electron chi connectivity index (χ3n) is 4.03. The van der Waals surface area contributed by atoms with E-state index in [4.69, 9.17) is 0 Å². The molecule has 0 bridgehead atoms. The lowest BCUT2D eigenvalue weighted by Gasteiger charge is -2.12. The van der Waals surface area contributed by atoms with Gasteiger partial charge in [0.15, 0.2) is 0 Å². The number of carbonyl (C=O) groups is 1. The van der Waals surface area contributed by atoms with Gasteiger partial charge in [0, 0.05) is 35.5 Å². The molecular weight excluding hydrogens is 240 g/mol. The molecule has 2 heterocycles. The lowest BCUT2D eigenvalue weighted by Crippen LogP contribution is -3.10. The third kappa shape index (κ3) is 2.36. The summed E-state index contributed by atoms with van der Waals surface area (Å²) >= 11 is 0. The maximum atomic E-state index is 11.2. The predicted molar refractivity (Wildman–Crippen MR) is 71.1 cm³/mol. The van der Waals surface area contributed by atoms with E-state index in [1.54, 1.807) is 11.1 Å². The fourth-order valence-corrected chi connectivity index (χ4v) is 3.00. The van der Waals surface area contributed by atoms with Crippen molar-refractivity contribution >= 4 is 16.9 Å². The molecule has 19 heavy (non-hydrogen) atoms. The second-order valence-corrected chi connectivity index (χ2v) is 5.25. The molecule has 1 aromatic heterocycles. The van der Waals surface area contributed by atoms with E-state index >= 15 is 0 Å². The van der Waals surface area contributed by atoms with Gasteiger partial charge in [-0.05, 0) is 6.07 Å². The Morgan fingerprint density at radius 2 is 2.00 bits per heavy atom. The van der Waals surface area contributed by atoms with Crippen molar-refractivity contribution < 1.29 is 14.8 Å². The Labute approximate surface area is 112 Å². The van der Waals surface area contributed by atoms with Crippen molar-refractivity contribution in [1.29, 1.82) is 0 Å². The molecule has 4 heteroatoms. The minimum Gasteiger partial charge on any atom is -0.545 e. The highest BCUT2D eigenvalue weighted by Crippen LogP contribution is 2.20. The van der Waals surface area contributed by atoms with Crippen molar-refractivity contribution in [1.82, 2.24) is 4.57 Å². The van der Waals surface area contributed by atoms with Gasteiger partial charge in [-0.1, -0.05) is 18.2 Å². The number of fused-ring (bicyclic) bond motifs is 1. The van der Waals surface area contributed by atoms with Gasteiger partial charge in [0.1, 0.15) is 0 Å². The van der Waals surface area contributed by atoms with Crippen LogP contribution in [0.2, 0.25) is 0 Å². The molecule has 3 rings (SSSR count). The summed E-state index contributed by atoms with van der Waals surface area (Å²) in [6, 6.07) is 7.63. The van der Waals surface area contributed by atoms with Crippen molar-refractivity contribution in [2.24, 2.45) is 0 Å². The van der Waals surface area contributed by atoms with E-state index in [9.17, 15) is 9.90 Å². The Balaban J connectivity index is 1.87. The maximum Gasteiger partial charge on any atom is 0.0953 e. The molecule has 1 aliphatic rings. The topological polar surface area (TPSA) is 49.5 Å². The number of aromatic nitrogens is 1. The summed E-state index contributed by atoms with van der Waals surface area (Å²) in [6.07, 6.45) is 4.34. The van der Waals surface area contributed by atoms with Gasteiger partial charge >= 0.3 is 0 Å². The number of nitrogens with zero attached hydrogens (tertiary/aromatic N) is 1. The highest BCUT2D eigenvalue weighted by molar-refractivity contribution is 6.02. The lowest BCUT2D eigenvalue weighted by atomic mass is 10.2. The van der Waals surface area contributed by atoms with Gasteiger partial charge in [-0.15, -0.1) is 0 Å². The molecule has 0 spiro atoms. The fraction of sp³-hybridized carbons (Fsp3) is 0.400. The van der Waals surface area contributed by atoms with Gasteiger partial charge in [0.25, 0.3) is 0 Å². The molecule has 1 aliphatic heterocycles. The van der Waals surface area contributed by atoms with Gasteiger partial charge in [-0.2, -0.15) is 0 Å². The number of quaternary nitrogens is 1. The summed E-state index contributed by atoms with van der Waals surface area (Å²) in [6.45, 7) is 4.41. The van der Waals surface area contributed by atoms with Crippen LogP contribution in [0.4, 0.5) is 0 Å². The van der Waals surface area contributed by atoms with E-state index in [2.05, 4.69) is 0 Å². The molecule has 1 fully saturated rings. The summed E-state index contributed by atoms with van der Waals surface area (Å²) in [5.74, 6) is -1.09. The van der Waals surface area contributed by atoms with Crippen LogP contribution in [0.15, 0.2) is 30.5 Å². The molecule has 0 amide bonds. The zero-order chi connectivity index (χ0) is 13.2. The van der Waals surface area contributed by atoms with E-state index in [1.165, 1.54) is 25.9 Å². The molecule has 0 radical (unpaired) electrons. The van der Waals surface area contributed by atoms with Gasteiger partial charge < -0.3 is 19.4 Å². The number of rotatable bonds is 4. The van der Waals surface area contributed by atoms with E-state index in [1.807, 2.05) is 28.8 Å². The number of nitrogens with one attached hydrogen (secondary N) is 1. The SMILES string of the molecule is O=C([O-])c1cn(CC[NH+]2CCCC2)c2ccccc12. The molecule has 1 aromatic carbocycles. The van der Waals surface area contributed by atoms with Crippen molar-refractivity contribution in [2.75, 3.05) is 19.6 Å². The van der Waals surface area contributed by atoms with Crippen LogP contribution in [0.5, 0.6) is 0 Å². The number of para-hydroxylation sites is 1. The molecule has 0 atom stereocenters. The zero-order valence-corrected chi connectivity index (χ0v) is 10.9. The second-order valence-electron chi connectivity index (χ2n) is 5.25. The Bertz CT molecular complexity index is 597. The predicted octanol–water partition coefficient (Wildman–Crippen LogP) is -0.316. The van der Waals surface area contributed by atoms with Gasteiger partial charge in [0.2, 0.25) is 0 Å². The van der Waals surface area contributed by atoms with Crippen molar-refractivity contribution in [3.05, 3.63) is 36.0 Å². The molecular formula is C15H18N2O2. The van der Waals surface area contributed by atoms with Crippen LogP contribution in [0.3, 0.4) is 0 Å². The molecule has 4 nitrogen and oxygen atoms in total. The normalized spacial score (nSPS) is 16.2. The average Bonchev–Trinajstić information content (AvgIpc) is 3.04. The number of hydrogen-bond donors (Lipinski definition) is 1. The van der Waals surface area contributed by atoms with Crippen LogP contribution in [-0.4, -0.2) is 30.2 Å². The molecule has 0 saturated carbocycles. The molecule has 1 N–H and O–H groups in total. The summed E-state index contributed by atoms with van der Waals surface area (Å²) < 4.78 is 2.05. The van der Waals surface area contributed by atoms with E-state index in [0.29, 0.717) is 5.56 Å². The van der Waals surface area contributed by atoms with Crippen LogP contribution in [0.25, 0.3) is 10.9 Å². The minimum atomic E-state index is -1.09. The lowest BCUT2D eigenvalue weighted by molar-refractivity contribution is -0.888. The molecule has 0 aliphatic carbocycles. The number of hydrogen-bond acceptors (Lipinski definition) is 2. The Morgan fingerprint density at radius 3 is 2.74 bits per heavy atom. The first-order valence-corrected chi connectivity index (χ1v) is 6.88. The summed E-state index contributed by atoms with van der Waals surface area (Å²) in [5.41, 5.74) is 1.28. The smallest absolute Gasteiger partial charge is 0.0953 e. The summed E-state index contributed by atoms with van der Waals surface area (Å²) in [4.78, 5) is 12.8. The number of benzene rings is 1. The first kappa shape index (κ1) is 12.2. The number of carbonyl (C=O) groups excluding carboxylic acids is 1. The van der Waals surface area contributed by atoms with Gasteiger partial charge in [-0.3, -0.25) is 0 Å². The van der Waals surface area contributed by atoms with Crippen LogP contribution >= 0.6 is 0 Å². The van der Waals surface area contributed by atoms with Gasteiger partial charge in [-0.25, -0.2) is 0 Å². The average molecular weight is 258 g/mol. The second kappa shape index (κ2) is 5.05. The van der Waals surface area contributed by atoms with E-state index in [0.717, 1.165) is 24.0 Å². The van der Waals surface area contributed by atoms with Crippen LogP contribution in [0, 0.1) is 0 Å². The largest absolute Gasteiger partial charge is 0.545 e. The standard InChI is InChI=1S/C15H18N2O2/c18-15(19)13-11-17(10-9-16-7-3-4-8-16)14-6-2-1-5-12(13)14/h1-2,5-6,11H,3-4,7-10H2,(H,18,19). The number of likely N-dealkylation sites (tertiary alicyclic amines) is 1. The van der Waals surface area contributed by atoms with Crippen molar-refractivity contribution in [3.8, 4) is 0 Å². The van der Waals surface area contributed by atoms with Gasteiger partial charge in [0.05, 0.1) is 32.1 Å². The van der Waals surface area contributed by atoms with E-state index < -0.39 is 5.97 Å². The first-order chi connectivity index (χ1) is 9.25. The first-order valence-electron chi connectivity index (χ1n) is 6.88. The van der Waals surface area contributed by atoms with Crippen LogP contribution in [0.1, 0.15) is 23.2 Å². The number of aromatic carboxylic acids is 1. The highest BCUT2D eigenvalue weighted by Gasteiger charge is 2.16. The highest BCUT2D eigenvalue weighted by atomic mass is 16.4. The van der Waals surface area contributed by atoms with E-state index in [-0.39, 0.29) is 0 Å². The monoisotopic (exact) mass is 258 g/mol. The van der Waals surface area contributed by atoms with Crippen LogP contribution in [-0.2, 0) is 6.54 Å². The Morgan fingerprint density at radius 1 is 1.26 bits per heavy atom.